The lowest BCUT2D eigenvalue weighted by Gasteiger charge is -2.21. The first kappa shape index (κ1) is 10.7. The van der Waals surface area contributed by atoms with Gasteiger partial charge in [-0.05, 0) is 24.3 Å². The Labute approximate surface area is 89.0 Å². The molecule has 1 nitrogen and oxygen atoms in total. The Morgan fingerprint density at radius 3 is 2.43 bits per heavy atom. The van der Waals surface area contributed by atoms with Crippen LogP contribution in [0.3, 0.4) is 0 Å². The maximum atomic E-state index is 9.27. The Kier molecular flexibility index (Phi) is 3.67. The van der Waals surface area contributed by atoms with Crippen molar-refractivity contribution in [3.63, 3.8) is 0 Å². The standard InChI is InChI=1S/C12H13NS/c1-3-7-12(10-13,8-4-2)11-6-5-9-14-11/h3-6,9H,1-2,7-8H2. The van der Waals surface area contributed by atoms with Crippen LogP contribution < -0.4 is 0 Å². The smallest absolute Gasteiger partial charge is 0.0982 e. The highest BCUT2D eigenvalue weighted by molar-refractivity contribution is 7.10. The molecule has 14 heavy (non-hydrogen) atoms. The van der Waals surface area contributed by atoms with Gasteiger partial charge < -0.3 is 0 Å². The molecule has 1 heterocycles. The maximum absolute atomic E-state index is 9.27. The summed E-state index contributed by atoms with van der Waals surface area (Å²) in [6.45, 7) is 7.41. The van der Waals surface area contributed by atoms with Gasteiger partial charge in [0, 0.05) is 4.88 Å². The molecule has 72 valence electrons. The van der Waals surface area contributed by atoms with Crippen molar-refractivity contribution >= 4 is 11.3 Å². The lowest BCUT2D eigenvalue weighted by atomic mass is 9.81. The van der Waals surface area contributed by atoms with E-state index in [-0.39, 0.29) is 0 Å². The summed E-state index contributed by atoms with van der Waals surface area (Å²) < 4.78 is 0. The lowest BCUT2D eigenvalue weighted by molar-refractivity contribution is 0.578. The molecule has 0 aromatic carbocycles. The first-order chi connectivity index (χ1) is 6.79. The van der Waals surface area contributed by atoms with Crippen molar-refractivity contribution in [2.75, 3.05) is 0 Å². The normalized spacial score (nSPS) is 10.5. The van der Waals surface area contributed by atoms with Crippen LogP contribution in [0.25, 0.3) is 0 Å². The molecule has 0 unspecified atom stereocenters. The average Bonchev–Trinajstić information content (AvgIpc) is 2.70. The summed E-state index contributed by atoms with van der Waals surface area (Å²) in [5.74, 6) is 0. The molecule has 0 spiro atoms. The van der Waals surface area contributed by atoms with E-state index in [2.05, 4.69) is 19.2 Å². The van der Waals surface area contributed by atoms with Gasteiger partial charge in [0.25, 0.3) is 0 Å². The molecule has 0 amide bonds. The second-order valence-electron chi connectivity index (χ2n) is 3.16. The molecule has 0 fully saturated rings. The number of nitriles is 1. The van der Waals surface area contributed by atoms with Gasteiger partial charge in [-0.15, -0.1) is 24.5 Å². The highest BCUT2D eigenvalue weighted by Gasteiger charge is 2.30. The Morgan fingerprint density at radius 2 is 2.07 bits per heavy atom. The van der Waals surface area contributed by atoms with Crippen molar-refractivity contribution in [3.8, 4) is 6.07 Å². The summed E-state index contributed by atoms with van der Waals surface area (Å²) in [6, 6.07) is 6.36. The molecule has 0 saturated heterocycles. The Bertz CT molecular complexity index is 333. The van der Waals surface area contributed by atoms with Crippen LogP contribution in [-0.4, -0.2) is 0 Å². The number of rotatable bonds is 5. The van der Waals surface area contributed by atoms with Gasteiger partial charge >= 0.3 is 0 Å². The molecule has 0 aliphatic carbocycles. The lowest BCUT2D eigenvalue weighted by Crippen LogP contribution is -2.20. The highest BCUT2D eigenvalue weighted by atomic mass is 32.1. The van der Waals surface area contributed by atoms with Crippen molar-refractivity contribution in [2.24, 2.45) is 0 Å². The first-order valence-electron chi connectivity index (χ1n) is 4.46. The van der Waals surface area contributed by atoms with Crippen LogP contribution in [0.15, 0.2) is 42.8 Å². The van der Waals surface area contributed by atoms with Crippen LogP contribution in [0.2, 0.25) is 0 Å². The van der Waals surface area contributed by atoms with Crippen molar-refractivity contribution in [3.05, 3.63) is 47.7 Å². The Morgan fingerprint density at radius 1 is 1.43 bits per heavy atom. The van der Waals surface area contributed by atoms with E-state index >= 15 is 0 Å². The van der Waals surface area contributed by atoms with Crippen molar-refractivity contribution in [2.45, 2.75) is 18.3 Å². The predicted octanol–water partition coefficient (Wildman–Crippen LogP) is 3.66. The fourth-order valence-electron chi connectivity index (χ4n) is 1.47. The minimum Gasteiger partial charge on any atom is -0.197 e. The first-order valence-corrected chi connectivity index (χ1v) is 5.34. The second kappa shape index (κ2) is 4.78. The van der Waals surface area contributed by atoms with Gasteiger partial charge in [0.05, 0.1) is 11.5 Å². The number of nitrogens with zero attached hydrogens (tertiary/aromatic N) is 1. The summed E-state index contributed by atoms with van der Waals surface area (Å²) in [7, 11) is 0. The number of hydrogen-bond acceptors (Lipinski definition) is 2. The van der Waals surface area contributed by atoms with Gasteiger partial charge in [0.2, 0.25) is 0 Å². The van der Waals surface area contributed by atoms with Gasteiger partial charge in [0.15, 0.2) is 0 Å². The fraction of sp³-hybridized carbons (Fsp3) is 0.250. The molecule has 0 radical (unpaired) electrons. The third-order valence-electron chi connectivity index (χ3n) is 2.19. The Hall–Kier alpha value is -1.33. The molecule has 0 bridgehead atoms. The summed E-state index contributed by atoms with van der Waals surface area (Å²) in [4.78, 5) is 1.10. The van der Waals surface area contributed by atoms with Crippen molar-refractivity contribution in [1.29, 1.82) is 5.26 Å². The van der Waals surface area contributed by atoms with E-state index < -0.39 is 5.41 Å². The van der Waals surface area contributed by atoms with E-state index in [1.54, 1.807) is 23.5 Å². The summed E-state index contributed by atoms with van der Waals surface area (Å²) in [5.41, 5.74) is -0.447. The van der Waals surface area contributed by atoms with E-state index in [1.807, 2.05) is 17.5 Å². The molecule has 2 heteroatoms. The largest absolute Gasteiger partial charge is 0.197 e. The summed E-state index contributed by atoms with van der Waals surface area (Å²) >= 11 is 1.62. The molecule has 0 aliphatic rings. The zero-order valence-corrected chi connectivity index (χ0v) is 8.89. The minimum absolute atomic E-state index is 0.447. The Balaban J connectivity index is 3.08. The van der Waals surface area contributed by atoms with Gasteiger partial charge in [-0.1, -0.05) is 18.2 Å². The van der Waals surface area contributed by atoms with E-state index in [0.29, 0.717) is 12.8 Å². The van der Waals surface area contributed by atoms with Gasteiger partial charge in [0.1, 0.15) is 0 Å². The predicted molar refractivity (Wildman–Crippen MR) is 61.2 cm³/mol. The molecule has 0 atom stereocenters. The molecule has 0 aliphatic heterocycles. The van der Waals surface area contributed by atoms with Gasteiger partial charge in [-0.2, -0.15) is 5.26 Å². The van der Waals surface area contributed by atoms with Crippen molar-refractivity contribution < 1.29 is 0 Å². The quantitative estimate of drug-likeness (QED) is 0.670. The third-order valence-corrected chi connectivity index (χ3v) is 3.27. The van der Waals surface area contributed by atoms with Crippen LogP contribution >= 0.6 is 11.3 Å². The van der Waals surface area contributed by atoms with Gasteiger partial charge in [-0.3, -0.25) is 0 Å². The second-order valence-corrected chi connectivity index (χ2v) is 4.10. The zero-order valence-electron chi connectivity index (χ0n) is 8.07. The fourth-order valence-corrected chi connectivity index (χ4v) is 2.37. The molecule has 1 rings (SSSR count). The van der Waals surface area contributed by atoms with E-state index in [1.165, 1.54) is 0 Å². The highest BCUT2D eigenvalue weighted by Crippen LogP contribution is 2.34. The van der Waals surface area contributed by atoms with Crippen LogP contribution in [0.5, 0.6) is 0 Å². The van der Waals surface area contributed by atoms with Crippen LogP contribution in [0, 0.1) is 11.3 Å². The summed E-state index contributed by atoms with van der Waals surface area (Å²) in [5, 5.41) is 11.3. The van der Waals surface area contributed by atoms with Crippen LogP contribution in [0.4, 0.5) is 0 Å². The molecule has 1 aromatic heterocycles. The van der Waals surface area contributed by atoms with Crippen LogP contribution in [-0.2, 0) is 5.41 Å². The maximum Gasteiger partial charge on any atom is 0.0982 e. The molecule has 0 N–H and O–H groups in total. The average molecular weight is 203 g/mol. The topological polar surface area (TPSA) is 23.8 Å². The summed E-state index contributed by atoms with van der Waals surface area (Å²) in [6.07, 6.45) is 4.95. The molecular weight excluding hydrogens is 190 g/mol. The van der Waals surface area contributed by atoms with Gasteiger partial charge in [-0.25, -0.2) is 0 Å². The van der Waals surface area contributed by atoms with E-state index in [4.69, 9.17) is 0 Å². The SMILES string of the molecule is C=CCC(C#N)(CC=C)c1cccs1. The van der Waals surface area contributed by atoms with E-state index in [0.717, 1.165) is 4.88 Å². The molecule has 0 saturated carbocycles. The third kappa shape index (κ3) is 1.94. The number of hydrogen-bond donors (Lipinski definition) is 0. The minimum atomic E-state index is -0.447. The van der Waals surface area contributed by atoms with Crippen molar-refractivity contribution in [1.82, 2.24) is 0 Å². The number of thiophene rings is 1. The number of allylic oxidation sites excluding steroid dienone is 2. The van der Waals surface area contributed by atoms with Crippen LogP contribution in [0.1, 0.15) is 17.7 Å². The molecular formula is C12H13NS. The monoisotopic (exact) mass is 203 g/mol. The van der Waals surface area contributed by atoms with E-state index in [9.17, 15) is 5.26 Å². The zero-order chi connectivity index (χ0) is 10.4. The molecule has 1 aromatic rings.